The summed E-state index contributed by atoms with van der Waals surface area (Å²) in [6.07, 6.45) is 0.779. The Morgan fingerprint density at radius 1 is 1.09 bits per heavy atom. The van der Waals surface area contributed by atoms with Crippen molar-refractivity contribution in [3.05, 3.63) is 76.6 Å². The Hall–Kier alpha value is -3.81. The average molecular weight is 461 g/mol. The van der Waals surface area contributed by atoms with E-state index in [4.69, 9.17) is 9.47 Å². The van der Waals surface area contributed by atoms with Gasteiger partial charge < -0.3 is 19.7 Å². The molecule has 2 aromatic carbocycles. The van der Waals surface area contributed by atoms with Crippen molar-refractivity contribution in [3.63, 3.8) is 0 Å². The lowest BCUT2D eigenvalue weighted by atomic mass is 10.1. The molecule has 8 heteroatoms. The highest BCUT2D eigenvalue weighted by molar-refractivity contribution is 5.98. The molecule has 0 bridgehead atoms. The average Bonchev–Trinajstić information content (AvgIpc) is 3.21. The quantitative estimate of drug-likeness (QED) is 0.630. The van der Waals surface area contributed by atoms with Crippen LogP contribution < -0.4 is 14.8 Å². The highest BCUT2D eigenvalue weighted by Crippen LogP contribution is 2.32. The first kappa shape index (κ1) is 22.0. The second-order valence-corrected chi connectivity index (χ2v) is 8.81. The van der Waals surface area contributed by atoms with Gasteiger partial charge in [-0.1, -0.05) is 35.9 Å². The molecule has 3 heterocycles. The first-order valence-electron chi connectivity index (χ1n) is 11.6. The standard InChI is InChI=1S/C26H28N4O4/c1-17-5-3-6-19(13-17)16-29-9-4-10-30-22(26(29)32)15-21(28-30)25(31)27-18(2)20-7-8-23-24(14-20)34-12-11-33-23/h3,5-8,13-15,18H,4,9-12,16H2,1-2H3,(H,27,31)/t18-/m1/s1. The van der Waals surface area contributed by atoms with Gasteiger partial charge in [0.2, 0.25) is 0 Å². The normalized spacial score (nSPS) is 15.9. The van der Waals surface area contributed by atoms with Crippen molar-refractivity contribution in [2.45, 2.75) is 39.4 Å². The monoisotopic (exact) mass is 460 g/mol. The fourth-order valence-corrected chi connectivity index (χ4v) is 4.41. The van der Waals surface area contributed by atoms with E-state index in [-0.39, 0.29) is 23.6 Å². The zero-order chi connectivity index (χ0) is 23.7. The zero-order valence-electron chi connectivity index (χ0n) is 19.4. The van der Waals surface area contributed by atoms with E-state index >= 15 is 0 Å². The van der Waals surface area contributed by atoms with Crippen molar-refractivity contribution in [2.24, 2.45) is 0 Å². The molecule has 176 valence electrons. The smallest absolute Gasteiger partial charge is 0.272 e. The molecule has 1 atom stereocenters. The minimum Gasteiger partial charge on any atom is -0.486 e. The molecule has 1 aromatic heterocycles. The molecule has 0 radical (unpaired) electrons. The number of aromatic nitrogens is 2. The van der Waals surface area contributed by atoms with Crippen LogP contribution in [-0.2, 0) is 13.1 Å². The molecule has 2 aliphatic rings. The maximum Gasteiger partial charge on any atom is 0.272 e. The molecule has 3 aromatic rings. The van der Waals surface area contributed by atoms with Gasteiger partial charge in [0.25, 0.3) is 11.8 Å². The third-order valence-corrected chi connectivity index (χ3v) is 6.19. The van der Waals surface area contributed by atoms with Gasteiger partial charge in [-0.3, -0.25) is 14.3 Å². The fraction of sp³-hybridized carbons (Fsp3) is 0.346. The molecular weight excluding hydrogens is 432 g/mol. The summed E-state index contributed by atoms with van der Waals surface area (Å²) in [4.78, 5) is 28.0. The van der Waals surface area contributed by atoms with Crippen LogP contribution >= 0.6 is 0 Å². The molecule has 34 heavy (non-hydrogen) atoms. The summed E-state index contributed by atoms with van der Waals surface area (Å²) in [5.74, 6) is 0.962. The van der Waals surface area contributed by atoms with E-state index in [1.807, 2.05) is 55.1 Å². The number of rotatable bonds is 5. The van der Waals surface area contributed by atoms with Gasteiger partial charge in [-0.15, -0.1) is 0 Å². The lowest BCUT2D eigenvalue weighted by molar-refractivity contribution is 0.0745. The molecule has 0 saturated carbocycles. The van der Waals surface area contributed by atoms with Crippen LogP contribution in [-0.4, -0.2) is 46.3 Å². The molecule has 0 spiro atoms. The molecule has 0 unspecified atom stereocenters. The summed E-state index contributed by atoms with van der Waals surface area (Å²) in [6.45, 7) is 6.76. The van der Waals surface area contributed by atoms with Crippen molar-refractivity contribution < 1.29 is 19.1 Å². The highest BCUT2D eigenvalue weighted by atomic mass is 16.6. The maximum atomic E-state index is 13.2. The van der Waals surface area contributed by atoms with Crippen LogP contribution in [0.15, 0.2) is 48.5 Å². The Balaban J connectivity index is 1.30. The zero-order valence-corrected chi connectivity index (χ0v) is 19.4. The number of ether oxygens (including phenoxy) is 2. The lowest BCUT2D eigenvalue weighted by Gasteiger charge is -2.21. The van der Waals surface area contributed by atoms with Gasteiger partial charge in [-0.25, -0.2) is 0 Å². The Kier molecular flexibility index (Phi) is 5.96. The summed E-state index contributed by atoms with van der Waals surface area (Å²) in [5, 5.41) is 7.43. The maximum absolute atomic E-state index is 13.2. The first-order valence-corrected chi connectivity index (χ1v) is 11.6. The van der Waals surface area contributed by atoms with Gasteiger partial charge >= 0.3 is 0 Å². The van der Waals surface area contributed by atoms with Crippen LogP contribution in [0.4, 0.5) is 0 Å². The minimum absolute atomic E-state index is 0.106. The van der Waals surface area contributed by atoms with Crippen molar-refractivity contribution in [2.75, 3.05) is 19.8 Å². The van der Waals surface area contributed by atoms with Crippen LogP contribution in [0.25, 0.3) is 0 Å². The molecule has 0 fully saturated rings. The van der Waals surface area contributed by atoms with E-state index in [1.165, 1.54) is 0 Å². The van der Waals surface area contributed by atoms with E-state index in [9.17, 15) is 9.59 Å². The highest BCUT2D eigenvalue weighted by Gasteiger charge is 2.27. The molecule has 5 rings (SSSR count). The fourth-order valence-electron chi connectivity index (χ4n) is 4.41. The van der Waals surface area contributed by atoms with Gasteiger partial charge in [-0.05, 0) is 43.5 Å². The number of carbonyl (C=O) groups is 2. The number of nitrogens with one attached hydrogen (secondary N) is 1. The second-order valence-electron chi connectivity index (χ2n) is 8.81. The molecular formula is C26H28N4O4. The van der Waals surface area contributed by atoms with Crippen molar-refractivity contribution in [1.29, 1.82) is 0 Å². The largest absolute Gasteiger partial charge is 0.486 e. The molecule has 8 nitrogen and oxygen atoms in total. The third-order valence-electron chi connectivity index (χ3n) is 6.19. The van der Waals surface area contributed by atoms with Crippen LogP contribution in [0, 0.1) is 6.92 Å². The van der Waals surface area contributed by atoms with Crippen LogP contribution in [0.3, 0.4) is 0 Å². The SMILES string of the molecule is Cc1cccc(CN2CCCn3nc(C(=O)N[C@H](C)c4ccc5c(c4)OCCO5)cc3C2=O)c1. The van der Waals surface area contributed by atoms with Crippen LogP contribution in [0.1, 0.15) is 57.1 Å². The van der Waals surface area contributed by atoms with Gasteiger partial charge in [0.1, 0.15) is 18.9 Å². The Labute approximate surface area is 198 Å². The number of hydrogen-bond acceptors (Lipinski definition) is 5. The minimum atomic E-state index is -0.319. The van der Waals surface area contributed by atoms with Crippen LogP contribution in [0.2, 0.25) is 0 Å². The topological polar surface area (TPSA) is 85.7 Å². The second kappa shape index (κ2) is 9.21. The van der Waals surface area contributed by atoms with E-state index < -0.39 is 0 Å². The number of aryl methyl sites for hydroxylation is 2. The Bertz CT molecular complexity index is 1240. The van der Waals surface area contributed by atoms with E-state index in [0.717, 1.165) is 23.1 Å². The van der Waals surface area contributed by atoms with Crippen molar-refractivity contribution >= 4 is 11.8 Å². The van der Waals surface area contributed by atoms with Crippen molar-refractivity contribution in [1.82, 2.24) is 20.0 Å². The van der Waals surface area contributed by atoms with Gasteiger partial charge in [0, 0.05) is 25.7 Å². The lowest BCUT2D eigenvalue weighted by Crippen LogP contribution is -2.30. The predicted octanol–water partition coefficient (Wildman–Crippen LogP) is 3.50. The van der Waals surface area contributed by atoms with E-state index in [1.54, 1.807) is 10.7 Å². The van der Waals surface area contributed by atoms with Crippen molar-refractivity contribution in [3.8, 4) is 11.5 Å². The van der Waals surface area contributed by atoms with E-state index in [0.29, 0.717) is 50.0 Å². The third kappa shape index (κ3) is 4.48. The summed E-state index contributed by atoms with van der Waals surface area (Å²) >= 11 is 0. The number of benzene rings is 2. The summed E-state index contributed by atoms with van der Waals surface area (Å²) in [5.41, 5.74) is 3.84. The molecule has 0 aliphatic carbocycles. The molecule has 2 amide bonds. The van der Waals surface area contributed by atoms with Gasteiger partial charge in [0.15, 0.2) is 17.2 Å². The summed E-state index contributed by atoms with van der Waals surface area (Å²) in [7, 11) is 0. The number of nitrogens with zero attached hydrogens (tertiary/aromatic N) is 3. The molecule has 0 saturated heterocycles. The number of hydrogen-bond donors (Lipinski definition) is 1. The molecule has 1 N–H and O–H groups in total. The number of amides is 2. The van der Waals surface area contributed by atoms with Crippen LogP contribution in [0.5, 0.6) is 11.5 Å². The number of fused-ring (bicyclic) bond motifs is 2. The summed E-state index contributed by atoms with van der Waals surface area (Å²) < 4.78 is 12.9. The Morgan fingerprint density at radius 2 is 1.91 bits per heavy atom. The number of carbonyl (C=O) groups excluding carboxylic acids is 2. The summed E-state index contributed by atoms with van der Waals surface area (Å²) in [6, 6.07) is 15.1. The first-order chi connectivity index (χ1) is 16.5. The predicted molar refractivity (Wildman–Crippen MR) is 126 cm³/mol. The van der Waals surface area contributed by atoms with Gasteiger partial charge in [0.05, 0.1) is 6.04 Å². The molecule has 2 aliphatic heterocycles. The Morgan fingerprint density at radius 3 is 2.74 bits per heavy atom. The van der Waals surface area contributed by atoms with Gasteiger partial charge in [-0.2, -0.15) is 5.10 Å². The van der Waals surface area contributed by atoms with E-state index in [2.05, 4.69) is 16.5 Å².